The molecule has 2 aliphatic carbocycles. The third-order valence-corrected chi connectivity index (χ3v) is 9.39. The van der Waals surface area contributed by atoms with Crippen LogP contribution in [0.2, 0.25) is 0 Å². The zero-order chi connectivity index (χ0) is 30.9. The van der Waals surface area contributed by atoms with Crippen molar-refractivity contribution in [2.45, 2.75) is 148 Å². The van der Waals surface area contributed by atoms with Gasteiger partial charge in [-0.25, -0.2) is 23.1 Å². The van der Waals surface area contributed by atoms with Gasteiger partial charge in [-0.05, 0) is 89.8 Å². The van der Waals surface area contributed by atoms with E-state index in [0.29, 0.717) is 5.88 Å². The van der Waals surface area contributed by atoms with Crippen LogP contribution < -0.4 is 14.2 Å². The van der Waals surface area contributed by atoms with Crippen molar-refractivity contribution in [3.63, 3.8) is 0 Å². The Labute approximate surface area is 298 Å². The second kappa shape index (κ2) is 24.4. The number of sulfonamides is 1. The van der Waals surface area contributed by atoms with Crippen molar-refractivity contribution in [3.8, 4) is 22.2 Å². The smallest absolute Gasteiger partial charge is 0.308 e. The fourth-order valence-corrected chi connectivity index (χ4v) is 6.45. The van der Waals surface area contributed by atoms with E-state index < -0.39 is 10.0 Å². The first-order valence-electron chi connectivity index (χ1n) is 14.7. The zero-order valence-corrected chi connectivity index (χ0v) is 27.4. The fraction of sp³-hybridized carbons (Fsp3) is 0.649. The highest BCUT2D eigenvalue weighted by Gasteiger charge is 2.35. The first-order chi connectivity index (χ1) is 19.9. The van der Waals surface area contributed by atoms with Gasteiger partial charge in [0.2, 0.25) is 15.9 Å². The van der Waals surface area contributed by atoms with E-state index in [2.05, 4.69) is 9.71 Å². The molecule has 0 saturated heterocycles. The summed E-state index contributed by atoms with van der Waals surface area (Å²) in [5.74, 6) is 1.30. The number of esters is 1. The average molecular weight is 716 g/mol. The standard InChI is InChI=1S/C16H16N2O2S.C9H16O2.C6H13NO2S.6CH4/c1-10(2)20-16-15(14-5-4-8-21-14)17-12-7-6-11(19-3)9-13(12)18-16;1-7(2)9(10)11-8-5-3-4-6-8;1-5(2)7-10(8,9)6-3-4-6;;;;;;/h4-10H,1-3H3;7-8H,3-6H2,1-2H3;5-7H,3-4H2,1-2H3;6*1H4. The van der Waals surface area contributed by atoms with Crippen molar-refractivity contribution in [1.29, 1.82) is 0 Å². The van der Waals surface area contributed by atoms with E-state index in [1.165, 1.54) is 12.8 Å². The Morgan fingerprint density at radius 1 is 0.875 bits per heavy atom. The molecule has 2 aromatic heterocycles. The van der Waals surface area contributed by atoms with Gasteiger partial charge in [-0.3, -0.25) is 4.79 Å². The molecule has 0 aliphatic heterocycles. The predicted molar refractivity (Wildman–Crippen MR) is 209 cm³/mol. The molecule has 0 radical (unpaired) electrons. The molecule has 48 heavy (non-hydrogen) atoms. The van der Waals surface area contributed by atoms with E-state index in [9.17, 15) is 13.2 Å². The average Bonchev–Trinajstić information content (AvgIpc) is 3.42. The van der Waals surface area contributed by atoms with Crippen LogP contribution in [-0.2, 0) is 19.6 Å². The number of aromatic nitrogens is 2. The molecule has 3 aromatic rings. The van der Waals surface area contributed by atoms with Crippen LogP contribution >= 0.6 is 11.3 Å². The topological polar surface area (TPSA) is 117 Å². The number of carbonyl (C=O) groups excluding carboxylic acids is 1. The molecule has 0 bridgehead atoms. The number of nitrogens with zero attached hydrogens (tertiary/aromatic N) is 2. The minimum absolute atomic E-state index is 0. The van der Waals surface area contributed by atoms with Gasteiger partial charge in [0.15, 0.2) is 0 Å². The first kappa shape index (κ1) is 52.1. The Morgan fingerprint density at radius 2 is 1.48 bits per heavy atom. The molecule has 0 unspecified atom stereocenters. The maximum Gasteiger partial charge on any atom is 0.308 e. The molecule has 2 heterocycles. The van der Waals surface area contributed by atoms with Crippen molar-refractivity contribution in [2.24, 2.45) is 5.92 Å². The van der Waals surface area contributed by atoms with Gasteiger partial charge in [0.05, 0.1) is 40.3 Å². The Hall–Kier alpha value is -2.76. The van der Waals surface area contributed by atoms with Crippen LogP contribution in [0, 0.1) is 5.92 Å². The highest BCUT2D eigenvalue weighted by atomic mass is 32.2. The van der Waals surface area contributed by atoms with Crippen LogP contribution in [0.4, 0.5) is 0 Å². The number of rotatable bonds is 9. The lowest BCUT2D eigenvalue weighted by Crippen LogP contribution is -2.32. The maximum atomic E-state index is 11.1. The van der Waals surface area contributed by atoms with E-state index >= 15 is 0 Å². The number of ether oxygens (including phenoxy) is 3. The van der Waals surface area contributed by atoms with Gasteiger partial charge in [0.1, 0.15) is 17.5 Å². The van der Waals surface area contributed by atoms with E-state index in [-0.39, 0.29) is 79.9 Å². The molecule has 0 spiro atoms. The normalized spacial score (nSPS) is 13.4. The van der Waals surface area contributed by atoms with Gasteiger partial charge < -0.3 is 14.2 Å². The largest absolute Gasteiger partial charge is 0.497 e. The highest BCUT2D eigenvalue weighted by molar-refractivity contribution is 7.90. The van der Waals surface area contributed by atoms with Crippen molar-refractivity contribution in [1.82, 2.24) is 14.7 Å². The van der Waals surface area contributed by atoms with Crippen LogP contribution in [0.1, 0.15) is 125 Å². The van der Waals surface area contributed by atoms with Crippen molar-refractivity contribution in [2.75, 3.05) is 7.11 Å². The lowest BCUT2D eigenvalue weighted by Gasteiger charge is -2.13. The number of carbonyl (C=O) groups is 1. The predicted octanol–water partition coefficient (Wildman–Crippen LogP) is 10.6. The summed E-state index contributed by atoms with van der Waals surface area (Å²) in [5.41, 5.74) is 2.39. The van der Waals surface area contributed by atoms with E-state index in [1.54, 1.807) is 18.4 Å². The molecule has 1 aromatic carbocycles. The molecule has 9 nitrogen and oxygen atoms in total. The molecule has 280 valence electrons. The molecular weight excluding hydrogens is 647 g/mol. The zero-order valence-electron chi connectivity index (χ0n) is 25.8. The Morgan fingerprint density at radius 3 is 1.94 bits per heavy atom. The van der Waals surface area contributed by atoms with E-state index in [1.807, 2.05) is 77.3 Å². The van der Waals surface area contributed by atoms with Gasteiger partial charge >= 0.3 is 5.97 Å². The molecule has 0 amide bonds. The molecule has 11 heteroatoms. The van der Waals surface area contributed by atoms with Gasteiger partial charge in [-0.1, -0.05) is 64.5 Å². The quantitative estimate of drug-likeness (QED) is 0.218. The number of thiophene rings is 1. The SMILES string of the molecule is C.C.C.C.C.C.CC(C)C(=O)OC1CCCC1.CC(C)NS(=O)(=O)C1CC1.COc1ccc2nc(-c3cccs3)c(OC(C)C)nc2c1. The molecule has 2 fully saturated rings. The molecule has 2 saturated carbocycles. The molecule has 1 N–H and O–H groups in total. The summed E-state index contributed by atoms with van der Waals surface area (Å²) in [7, 11) is -1.30. The number of hydrogen-bond acceptors (Lipinski definition) is 9. The second-order valence-corrected chi connectivity index (χ2v) is 14.3. The van der Waals surface area contributed by atoms with Crippen molar-refractivity contribution in [3.05, 3.63) is 35.7 Å². The van der Waals surface area contributed by atoms with Crippen LogP contribution in [0.3, 0.4) is 0 Å². The molecule has 5 rings (SSSR count). The summed E-state index contributed by atoms with van der Waals surface area (Å²) in [4.78, 5) is 21.5. The number of hydrogen-bond donors (Lipinski definition) is 1. The summed E-state index contributed by atoms with van der Waals surface area (Å²) in [6.07, 6.45) is 6.51. The monoisotopic (exact) mass is 715 g/mol. The Balaban J connectivity index is -0.000000311. The van der Waals surface area contributed by atoms with Crippen LogP contribution in [0.25, 0.3) is 21.6 Å². The van der Waals surface area contributed by atoms with Crippen LogP contribution in [0.15, 0.2) is 35.7 Å². The first-order valence-corrected chi connectivity index (χ1v) is 17.1. The minimum Gasteiger partial charge on any atom is -0.497 e. The summed E-state index contributed by atoms with van der Waals surface area (Å²) in [5, 5.41) is 1.93. The lowest BCUT2D eigenvalue weighted by atomic mass is 10.2. The fourth-order valence-electron chi connectivity index (χ4n) is 4.13. The number of fused-ring (bicyclic) bond motifs is 1. The van der Waals surface area contributed by atoms with Gasteiger partial charge in [0, 0.05) is 12.1 Å². The molecule has 0 atom stereocenters. The minimum atomic E-state index is -2.94. The van der Waals surface area contributed by atoms with E-state index in [4.69, 9.17) is 19.2 Å². The lowest BCUT2D eigenvalue weighted by molar-refractivity contribution is -0.152. The number of benzene rings is 1. The van der Waals surface area contributed by atoms with E-state index in [0.717, 1.165) is 53.0 Å². The van der Waals surface area contributed by atoms with Gasteiger partial charge in [-0.15, -0.1) is 11.3 Å². The maximum absolute atomic E-state index is 11.1. The summed E-state index contributed by atoms with van der Waals surface area (Å²) < 4.78 is 41.1. The third-order valence-electron chi connectivity index (χ3n) is 6.36. The number of methoxy groups -OCH3 is 1. The van der Waals surface area contributed by atoms with Crippen LogP contribution in [-0.4, -0.2) is 55.0 Å². The summed E-state index contributed by atoms with van der Waals surface area (Å²) in [6, 6.07) is 9.73. The van der Waals surface area contributed by atoms with Gasteiger partial charge in [-0.2, -0.15) is 0 Å². The Kier molecular flexibility index (Phi) is 26.4. The van der Waals surface area contributed by atoms with Crippen molar-refractivity contribution < 1.29 is 27.4 Å². The summed E-state index contributed by atoms with van der Waals surface area (Å²) >= 11 is 1.63. The third kappa shape index (κ3) is 16.6. The second-order valence-electron chi connectivity index (χ2n) is 11.4. The summed E-state index contributed by atoms with van der Waals surface area (Å²) in [6.45, 7) is 11.4. The molecule has 2 aliphatic rings. The molecular formula is C37H69N3O6S2. The van der Waals surface area contributed by atoms with Gasteiger partial charge in [0.25, 0.3) is 0 Å². The number of nitrogens with one attached hydrogen (secondary N) is 1. The van der Waals surface area contributed by atoms with Crippen molar-refractivity contribution >= 4 is 38.4 Å². The highest BCUT2D eigenvalue weighted by Crippen LogP contribution is 2.33. The Bertz CT molecular complexity index is 1380. The van der Waals surface area contributed by atoms with Crippen LogP contribution in [0.5, 0.6) is 11.6 Å².